The first-order valence-corrected chi connectivity index (χ1v) is 6.32. The predicted molar refractivity (Wildman–Crippen MR) is 67.1 cm³/mol. The molecule has 1 aromatic heterocycles. The molecule has 1 N–H and O–H groups in total. The van der Waals surface area contributed by atoms with Crippen molar-refractivity contribution < 1.29 is 4.74 Å². The second-order valence-corrected chi connectivity index (χ2v) is 4.41. The van der Waals surface area contributed by atoms with Gasteiger partial charge in [-0.2, -0.15) is 0 Å². The van der Waals surface area contributed by atoms with Gasteiger partial charge in [-0.3, -0.25) is 4.79 Å². The Balaban J connectivity index is 2.08. The lowest BCUT2D eigenvalue weighted by atomic mass is 10.2. The summed E-state index contributed by atoms with van der Waals surface area (Å²) in [5.41, 5.74) is 0.927. The van der Waals surface area contributed by atoms with E-state index in [9.17, 15) is 4.79 Å². The average Bonchev–Trinajstić information content (AvgIpc) is 2.83. The molecule has 0 aromatic carbocycles. The highest BCUT2D eigenvalue weighted by Gasteiger charge is 2.16. The summed E-state index contributed by atoms with van der Waals surface area (Å²) in [5, 5.41) is 3.18. The standard InChI is InChI=1S/C13H20N2O2/c1-2-14-9-11-5-3-7-15(13(11)16)10-12-6-4-8-17-12/h3,5,7,12,14H,2,4,6,8-10H2,1H3. The van der Waals surface area contributed by atoms with Gasteiger partial charge in [0.2, 0.25) is 0 Å². The molecule has 0 aliphatic carbocycles. The van der Waals surface area contributed by atoms with Crippen LogP contribution < -0.4 is 10.9 Å². The van der Waals surface area contributed by atoms with Crippen LogP contribution in [-0.4, -0.2) is 23.8 Å². The number of nitrogens with zero attached hydrogens (tertiary/aromatic N) is 1. The average molecular weight is 236 g/mol. The molecule has 2 heterocycles. The fourth-order valence-corrected chi connectivity index (χ4v) is 2.13. The molecule has 1 unspecified atom stereocenters. The lowest BCUT2D eigenvalue weighted by molar-refractivity contribution is 0.0961. The highest BCUT2D eigenvalue weighted by Crippen LogP contribution is 2.13. The molecule has 0 spiro atoms. The number of hydrogen-bond acceptors (Lipinski definition) is 3. The van der Waals surface area contributed by atoms with E-state index >= 15 is 0 Å². The number of pyridine rings is 1. The summed E-state index contributed by atoms with van der Waals surface area (Å²) in [6.07, 6.45) is 4.22. The third-order valence-corrected chi connectivity index (χ3v) is 3.09. The largest absolute Gasteiger partial charge is 0.376 e. The number of rotatable bonds is 5. The quantitative estimate of drug-likeness (QED) is 0.833. The van der Waals surface area contributed by atoms with Crippen molar-refractivity contribution in [2.24, 2.45) is 0 Å². The lowest BCUT2D eigenvalue weighted by Crippen LogP contribution is -2.30. The first kappa shape index (κ1) is 12.3. The van der Waals surface area contributed by atoms with Gasteiger partial charge in [0.15, 0.2) is 0 Å². The van der Waals surface area contributed by atoms with E-state index in [4.69, 9.17) is 4.74 Å². The summed E-state index contributed by atoms with van der Waals surface area (Å²) < 4.78 is 7.32. The first-order chi connectivity index (χ1) is 8.31. The second kappa shape index (κ2) is 5.98. The molecule has 1 aromatic rings. The normalized spacial score (nSPS) is 19.7. The lowest BCUT2D eigenvalue weighted by Gasteiger charge is -2.12. The minimum Gasteiger partial charge on any atom is -0.376 e. The second-order valence-electron chi connectivity index (χ2n) is 4.41. The zero-order chi connectivity index (χ0) is 12.1. The highest BCUT2D eigenvalue weighted by atomic mass is 16.5. The van der Waals surface area contributed by atoms with E-state index in [1.165, 1.54) is 0 Å². The van der Waals surface area contributed by atoms with Gasteiger partial charge in [-0.05, 0) is 25.5 Å². The van der Waals surface area contributed by atoms with Gasteiger partial charge in [-0.1, -0.05) is 13.0 Å². The minimum absolute atomic E-state index is 0.101. The van der Waals surface area contributed by atoms with E-state index in [0.29, 0.717) is 13.1 Å². The molecule has 4 heteroatoms. The van der Waals surface area contributed by atoms with Gasteiger partial charge in [-0.25, -0.2) is 0 Å². The number of nitrogens with one attached hydrogen (secondary N) is 1. The molecular formula is C13H20N2O2. The summed E-state index contributed by atoms with van der Waals surface area (Å²) in [4.78, 5) is 12.1. The topological polar surface area (TPSA) is 43.3 Å². The van der Waals surface area contributed by atoms with Gasteiger partial charge < -0.3 is 14.6 Å². The molecule has 1 aliphatic heterocycles. The van der Waals surface area contributed by atoms with Crippen LogP contribution in [0.3, 0.4) is 0 Å². The van der Waals surface area contributed by atoms with Gasteiger partial charge >= 0.3 is 0 Å². The molecule has 0 bridgehead atoms. The number of hydrogen-bond donors (Lipinski definition) is 1. The van der Waals surface area contributed by atoms with E-state index in [-0.39, 0.29) is 11.7 Å². The Hall–Kier alpha value is -1.13. The van der Waals surface area contributed by atoms with Crippen molar-refractivity contribution in [3.63, 3.8) is 0 Å². The van der Waals surface area contributed by atoms with Crippen molar-refractivity contribution in [3.8, 4) is 0 Å². The van der Waals surface area contributed by atoms with Crippen molar-refractivity contribution in [1.29, 1.82) is 0 Å². The van der Waals surface area contributed by atoms with Crippen LogP contribution in [0, 0.1) is 0 Å². The summed E-state index contributed by atoms with van der Waals surface area (Å²) >= 11 is 0. The molecule has 1 fully saturated rings. The summed E-state index contributed by atoms with van der Waals surface area (Å²) in [6.45, 7) is 5.06. The third-order valence-electron chi connectivity index (χ3n) is 3.09. The summed E-state index contributed by atoms with van der Waals surface area (Å²) in [7, 11) is 0. The van der Waals surface area contributed by atoms with Crippen LogP contribution in [-0.2, 0) is 17.8 Å². The van der Waals surface area contributed by atoms with E-state index in [1.54, 1.807) is 4.57 Å². The van der Waals surface area contributed by atoms with Crippen LogP contribution in [0.5, 0.6) is 0 Å². The van der Waals surface area contributed by atoms with Crippen molar-refractivity contribution in [1.82, 2.24) is 9.88 Å². The molecule has 17 heavy (non-hydrogen) atoms. The molecule has 2 rings (SSSR count). The molecule has 0 radical (unpaired) electrons. The maximum Gasteiger partial charge on any atom is 0.255 e. The van der Waals surface area contributed by atoms with Crippen LogP contribution in [0.1, 0.15) is 25.3 Å². The van der Waals surface area contributed by atoms with E-state index in [1.807, 2.05) is 25.3 Å². The Morgan fingerprint density at radius 2 is 2.47 bits per heavy atom. The Morgan fingerprint density at radius 1 is 1.59 bits per heavy atom. The van der Waals surface area contributed by atoms with Gasteiger partial charge in [0.05, 0.1) is 12.6 Å². The third kappa shape index (κ3) is 3.17. The molecule has 0 amide bonds. The van der Waals surface area contributed by atoms with Gasteiger partial charge in [0.25, 0.3) is 5.56 Å². The van der Waals surface area contributed by atoms with Gasteiger partial charge in [0, 0.05) is 24.9 Å². The van der Waals surface area contributed by atoms with Crippen molar-refractivity contribution in [2.45, 2.75) is 39.0 Å². The van der Waals surface area contributed by atoms with Crippen LogP contribution in [0.15, 0.2) is 23.1 Å². The Bertz CT molecular complexity index is 408. The maximum absolute atomic E-state index is 12.1. The van der Waals surface area contributed by atoms with E-state index in [0.717, 1.165) is 31.6 Å². The molecule has 1 saturated heterocycles. The summed E-state index contributed by atoms with van der Waals surface area (Å²) in [5.74, 6) is 0. The summed E-state index contributed by atoms with van der Waals surface area (Å²) in [6, 6.07) is 3.82. The SMILES string of the molecule is CCNCc1cccn(CC2CCCO2)c1=O. The van der Waals surface area contributed by atoms with Gasteiger partial charge in [0.1, 0.15) is 0 Å². The van der Waals surface area contributed by atoms with Crippen molar-refractivity contribution in [2.75, 3.05) is 13.2 Å². The van der Waals surface area contributed by atoms with Crippen LogP contribution in [0.25, 0.3) is 0 Å². The molecule has 1 aliphatic rings. The zero-order valence-electron chi connectivity index (χ0n) is 10.3. The predicted octanol–water partition coefficient (Wildman–Crippen LogP) is 1.14. The molecule has 0 saturated carbocycles. The van der Waals surface area contributed by atoms with Gasteiger partial charge in [-0.15, -0.1) is 0 Å². The van der Waals surface area contributed by atoms with E-state index in [2.05, 4.69) is 5.32 Å². The first-order valence-electron chi connectivity index (χ1n) is 6.32. The minimum atomic E-state index is 0.101. The van der Waals surface area contributed by atoms with Crippen molar-refractivity contribution in [3.05, 3.63) is 34.2 Å². The zero-order valence-corrected chi connectivity index (χ0v) is 10.3. The van der Waals surface area contributed by atoms with Crippen molar-refractivity contribution >= 4 is 0 Å². The van der Waals surface area contributed by atoms with E-state index < -0.39 is 0 Å². The molecular weight excluding hydrogens is 216 g/mol. The molecule has 4 nitrogen and oxygen atoms in total. The fraction of sp³-hybridized carbons (Fsp3) is 0.615. The molecule has 1 atom stereocenters. The number of aromatic nitrogens is 1. The monoisotopic (exact) mass is 236 g/mol. The van der Waals surface area contributed by atoms with Crippen LogP contribution >= 0.6 is 0 Å². The Labute approximate surface area is 102 Å². The van der Waals surface area contributed by atoms with Crippen LogP contribution in [0.4, 0.5) is 0 Å². The highest BCUT2D eigenvalue weighted by molar-refractivity contribution is 5.10. The number of ether oxygens (including phenoxy) is 1. The maximum atomic E-state index is 12.1. The smallest absolute Gasteiger partial charge is 0.255 e. The Kier molecular flexibility index (Phi) is 4.34. The fourth-order valence-electron chi connectivity index (χ4n) is 2.13. The Morgan fingerprint density at radius 3 is 3.18 bits per heavy atom. The van der Waals surface area contributed by atoms with Crippen LogP contribution in [0.2, 0.25) is 0 Å². The molecule has 94 valence electrons.